The lowest BCUT2D eigenvalue weighted by Crippen LogP contribution is -1.89. The molecule has 1 aromatic rings. The molecule has 0 aliphatic heterocycles. The van der Waals surface area contributed by atoms with Gasteiger partial charge >= 0.3 is 0 Å². The van der Waals surface area contributed by atoms with Gasteiger partial charge in [0.25, 0.3) is 0 Å². The van der Waals surface area contributed by atoms with Gasteiger partial charge in [0.15, 0.2) is 0 Å². The summed E-state index contributed by atoms with van der Waals surface area (Å²) in [6.45, 7) is 0.316. The zero-order valence-electron chi connectivity index (χ0n) is 6.74. The van der Waals surface area contributed by atoms with Gasteiger partial charge in [-0.2, -0.15) is 0 Å². The lowest BCUT2D eigenvalue weighted by Gasteiger charge is -1.98. The summed E-state index contributed by atoms with van der Waals surface area (Å²) in [5, 5.41) is 3.70. The zero-order chi connectivity index (χ0) is 9.68. The Kier molecular flexibility index (Phi) is 3.55. The van der Waals surface area contributed by atoms with Gasteiger partial charge in [-0.25, -0.2) is 4.39 Å². The van der Waals surface area contributed by atoms with Crippen molar-refractivity contribution in [3.8, 4) is 0 Å². The molecule has 0 aliphatic rings. The Balaban J connectivity index is 2.71. The Bertz CT molecular complexity index is 327. The van der Waals surface area contributed by atoms with Crippen molar-refractivity contribution in [3.05, 3.63) is 45.0 Å². The van der Waals surface area contributed by atoms with Gasteiger partial charge < -0.3 is 0 Å². The molecule has 1 rings (SSSR count). The fraction of sp³-hybridized carbons (Fsp3) is 0.250. The number of hydrogen-bond acceptors (Lipinski definition) is 1. The first-order valence-corrected chi connectivity index (χ1v) is 4.06. The summed E-state index contributed by atoms with van der Waals surface area (Å²) in [4.78, 5) is 2.59. The molecular weight excluding hydrogens is 193 g/mol. The van der Waals surface area contributed by atoms with Gasteiger partial charge in [-0.3, -0.25) is 0 Å². The molecule has 0 saturated carbocycles. The fourth-order valence-electron chi connectivity index (χ4n) is 0.979. The molecule has 0 saturated heterocycles. The summed E-state index contributed by atoms with van der Waals surface area (Å²) in [5.41, 5.74) is 8.75. The molecule has 68 valence electrons. The molecule has 1 aromatic carbocycles. The predicted octanol–water partition coefficient (Wildman–Crippen LogP) is 3.33. The summed E-state index contributed by atoms with van der Waals surface area (Å²) in [7, 11) is 0. The lowest BCUT2D eigenvalue weighted by molar-refractivity contribution is 0.625. The molecule has 13 heavy (non-hydrogen) atoms. The van der Waals surface area contributed by atoms with Crippen molar-refractivity contribution in [2.24, 2.45) is 5.11 Å². The van der Waals surface area contributed by atoms with Gasteiger partial charge in [-0.1, -0.05) is 16.7 Å². The van der Waals surface area contributed by atoms with Gasteiger partial charge in [0.1, 0.15) is 5.82 Å². The van der Waals surface area contributed by atoms with E-state index in [0.717, 1.165) is 5.56 Å². The maximum absolute atomic E-state index is 12.7. The number of hydrogen-bond donors (Lipinski definition) is 0. The fourth-order valence-corrected chi connectivity index (χ4v) is 1.22. The minimum atomic E-state index is -0.372. The minimum Gasteiger partial charge on any atom is -0.207 e. The molecule has 0 heterocycles. The third-order valence-corrected chi connectivity index (χ3v) is 1.70. The van der Waals surface area contributed by atoms with E-state index < -0.39 is 0 Å². The Morgan fingerprint density at radius 1 is 1.46 bits per heavy atom. The van der Waals surface area contributed by atoms with Crippen LogP contribution in [0.25, 0.3) is 10.4 Å². The van der Waals surface area contributed by atoms with Crippen LogP contribution in [0, 0.1) is 5.82 Å². The third kappa shape index (κ3) is 3.32. The van der Waals surface area contributed by atoms with Crippen LogP contribution in [0.4, 0.5) is 4.39 Å². The minimum absolute atomic E-state index is 0.316. The summed E-state index contributed by atoms with van der Waals surface area (Å²) in [6, 6.07) is 4.26. The van der Waals surface area contributed by atoms with Gasteiger partial charge in [-0.05, 0) is 35.7 Å². The predicted molar refractivity (Wildman–Crippen MR) is 49.1 cm³/mol. The van der Waals surface area contributed by atoms with Crippen molar-refractivity contribution in [2.45, 2.75) is 6.42 Å². The van der Waals surface area contributed by atoms with Crippen molar-refractivity contribution < 1.29 is 4.39 Å². The maximum Gasteiger partial charge on any atom is 0.124 e. The molecule has 0 spiro atoms. The first-order chi connectivity index (χ1) is 6.22. The maximum atomic E-state index is 12.7. The van der Waals surface area contributed by atoms with Crippen molar-refractivity contribution in [2.75, 3.05) is 6.54 Å². The molecule has 0 unspecified atom stereocenters. The standard InChI is InChI=1S/C8H7ClFN3/c9-7-3-6(1-2-12-13-11)4-8(10)5-7/h3-5H,1-2H2. The van der Waals surface area contributed by atoms with Gasteiger partial charge in [0.05, 0.1) is 0 Å². The highest BCUT2D eigenvalue weighted by Crippen LogP contribution is 2.14. The van der Waals surface area contributed by atoms with Crippen LogP contribution in [0.3, 0.4) is 0 Å². The molecule has 0 aliphatic carbocycles. The smallest absolute Gasteiger partial charge is 0.124 e. The van der Waals surface area contributed by atoms with Crippen molar-refractivity contribution in [3.63, 3.8) is 0 Å². The van der Waals surface area contributed by atoms with Gasteiger partial charge in [0, 0.05) is 16.5 Å². The van der Waals surface area contributed by atoms with Crippen molar-refractivity contribution in [1.82, 2.24) is 0 Å². The summed E-state index contributed by atoms with van der Waals surface area (Å²) < 4.78 is 12.7. The average molecular weight is 200 g/mol. The first-order valence-electron chi connectivity index (χ1n) is 3.68. The second-order valence-corrected chi connectivity index (χ2v) is 2.92. The van der Waals surface area contributed by atoms with Crippen LogP contribution in [-0.4, -0.2) is 6.54 Å². The highest BCUT2D eigenvalue weighted by molar-refractivity contribution is 6.30. The molecule has 0 fully saturated rings. The monoisotopic (exact) mass is 199 g/mol. The van der Waals surface area contributed by atoms with E-state index in [1.165, 1.54) is 12.1 Å². The highest BCUT2D eigenvalue weighted by atomic mass is 35.5. The number of azide groups is 1. The number of nitrogens with zero attached hydrogens (tertiary/aromatic N) is 3. The molecule has 0 N–H and O–H groups in total. The molecule has 0 radical (unpaired) electrons. The van der Waals surface area contributed by atoms with E-state index >= 15 is 0 Å². The van der Waals surface area contributed by atoms with E-state index in [1.54, 1.807) is 6.07 Å². The van der Waals surface area contributed by atoms with E-state index in [4.69, 9.17) is 17.1 Å². The second kappa shape index (κ2) is 4.70. The molecular formula is C8H7ClFN3. The zero-order valence-corrected chi connectivity index (χ0v) is 7.50. The topological polar surface area (TPSA) is 48.8 Å². The summed E-state index contributed by atoms with van der Waals surface area (Å²) in [5.74, 6) is -0.372. The first kappa shape index (κ1) is 9.84. The molecule has 0 aromatic heterocycles. The second-order valence-electron chi connectivity index (χ2n) is 2.48. The van der Waals surface area contributed by atoms with E-state index in [1.807, 2.05) is 0 Å². The SMILES string of the molecule is [N-]=[N+]=NCCc1cc(F)cc(Cl)c1. The van der Waals surface area contributed by atoms with Crippen molar-refractivity contribution in [1.29, 1.82) is 0 Å². The molecule has 0 bridgehead atoms. The summed E-state index contributed by atoms with van der Waals surface area (Å²) in [6.07, 6.45) is 0.502. The van der Waals surface area contributed by atoms with Crippen LogP contribution in [0.1, 0.15) is 5.56 Å². The highest BCUT2D eigenvalue weighted by Gasteiger charge is 1.98. The average Bonchev–Trinajstić information content (AvgIpc) is 2.03. The van der Waals surface area contributed by atoms with Crippen LogP contribution in [0.15, 0.2) is 23.3 Å². The third-order valence-electron chi connectivity index (χ3n) is 1.49. The van der Waals surface area contributed by atoms with Crippen LogP contribution in [-0.2, 0) is 6.42 Å². The van der Waals surface area contributed by atoms with Crippen LogP contribution in [0.2, 0.25) is 5.02 Å². The van der Waals surface area contributed by atoms with Crippen LogP contribution < -0.4 is 0 Å². The van der Waals surface area contributed by atoms with Gasteiger partial charge in [0.2, 0.25) is 0 Å². The Hall–Kier alpha value is -1.25. The molecule has 5 heteroatoms. The van der Waals surface area contributed by atoms with E-state index in [-0.39, 0.29) is 5.82 Å². The largest absolute Gasteiger partial charge is 0.207 e. The number of halogens is 2. The Labute approximate surface area is 79.8 Å². The Morgan fingerprint density at radius 2 is 2.23 bits per heavy atom. The Morgan fingerprint density at radius 3 is 2.85 bits per heavy atom. The van der Waals surface area contributed by atoms with Crippen LogP contribution >= 0.6 is 11.6 Å². The van der Waals surface area contributed by atoms with E-state index in [2.05, 4.69) is 10.0 Å². The molecule has 3 nitrogen and oxygen atoms in total. The molecule has 0 amide bonds. The number of benzene rings is 1. The molecule has 0 atom stereocenters. The van der Waals surface area contributed by atoms with E-state index in [0.29, 0.717) is 18.0 Å². The lowest BCUT2D eigenvalue weighted by atomic mass is 10.1. The number of rotatable bonds is 3. The summed E-state index contributed by atoms with van der Waals surface area (Å²) >= 11 is 5.62. The van der Waals surface area contributed by atoms with Crippen LogP contribution in [0.5, 0.6) is 0 Å². The quantitative estimate of drug-likeness (QED) is 0.407. The van der Waals surface area contributed by atoms with Gasteiger partial charge in [-0.15, -0.1) is 0 Å². The van der Waals surface area contributed by atoms with E-state index in [9.17, 15) is 4.39 Å². The van der Waals surface area contributed by atoms with Crippen molar-refractivity contribution >= 4 is 11.6 Å². The normalized spacial score (nSPS) is 9.38.